The first-order valence-corrected chi connectivity index (χ1v) is 6.57. The van der Waals surface area contributed by atoms with Crippen molar-refractivity contribution in [1.82, 2.24) is 0 Å². The van der Waals surface area contributed by atoms with Crippen molar-refractivity contribution in [1.29, 1.82) is 0 Å². The first kappa shape index (κ1) is 13.1. The van der Waals surface area contributed by atoms with Gasteiger partial charge in [-0.1, -0.05) is 19.3 Å². The highest BCUT2D eigenvalue weighted by atomic mass is 16.7. The molecule has 2 rings (SSSR count). The molecule has 1 fully saturated rings. The summed E-state index contributed by atoms with van der Waals surface area (Å²) in [6.07, 6.45) is 5.73. The molecule has 18 heavy (non-hydrogen) atoms. The lowest BCUT2D eigenvalue weighted by atomic mass is 9.84. The molecule has 0 N–H and O–H groups in total. The Labute approximate surface area is 108 Å². The molecule has 0 amide bonds. The Morgan fingerprint density at radius 2 is 1.83 bits per heavy atom. The van der Waals surface area contributed by atoms with Gasteiger partial charge in [-0.2, -0.15) is 0 Å². The lowest BCUT2D eigenvalue weighted by Gasteiger charge is -2.20. The van der Waals surface area contributed by atoms with E-state index in [0.717, 1.165) is 24.2 Å². The van der Waals surface area contributed by atoms with Crippen LogP contribution in [-0.4, -0.2) is 19.7 Å². The summed E-state index contributed by atoms with van der Waals surface area (Å²) in [5.41, 5.74) is 0.798. The summed E-state index contributed by atoms with van der Waals surface area (Å²) in [7, 11) is 1.58. The van der Waals surface area contributed by atoms with E-state index in [0.29, 0.717) is 0 Å². The van der Waals surface area contributed by atoms with Gasteiger partial charge >= 0.3 is 0 Å². The van der Waals surface area contributed by atoms with Crippen molar-refractivity contribution in [3.05, 3.63) is 29.8 Å². The van der Waals surface area contributed by atoms with Crippen molar-refractivity contribution in [2.75, 3.05) is 13.9 Å². The number of Topliss-reactive ketones (excluding diaryl/α,β-unsaturated/α-hetero) is 1. The Morgan fingerprint density at radius 1 is 1.17 bits per heavy atom. The van der Waals surface area contributed by atoms with E-state index in [1.54, 1.807) is 7.11 Å². The van der Waals surface area contributed by atoms with Gasteiger partial charge in [-0.25, -0.2) is 0 Å². The molecule has 98 valence electrons. The normalized spacial score (nSPS) is 16.5. The van der Waals surface area contributed by atoms with Gasteiger partial charge in [0.15, 0.2) is 12.6 Å². The summed E-state index contributed by atoms with van der Waals surface area (Å²) in [6.45, 7) is 0.232. The van der Waals surface area contributed by atoms with Crippen molar-refractivity contribution in [2.24, 2.45) is 5.92 Å². The highest BCUT2D eigenvalue weighted by Crippen LogP contribution is 2.27. The minimum Gasteiger partial charge on any atom is -0.468 e. The largest absolute Gasteiger partial charge is 0.468 e. The third-order valence-corrected chi connectivity index (χ3v) is 3.46. The van der Waals surface area contributed by atoms with E-state index in [9.17, 15) is 4.79 Å². The Morgan fingerprint density at radius 3 is 2.44 bits per heavy atom. The Hall–Kier alpha value is -1.35. The molecule has 1 aromatic carbocycles. The number of hydrogen-bond donors (Lipinski definition) is 0. The summed E-state index contributed by atoms with van der Waals surface area (Å²) >= 11 is 0. The zero-order valence-corrected chi connectivity index (χ0v) is 10.9. The third kappa shape index (κ3) is 3.33. The van der Waals surface area contributed by atoms with E-state index < -0.39 is 0 Å². The molecule has 1 saturated carbocycles. The zero-order chi connectivity index (χ0) is 12.8. The maximum atomic E-state index is 12.3. The SMILES string of the molecule is COCOc1ccc(C(=O)C2CCCCC2)cc1. The maximum absolute atomic E-state index is 12.3. The maximum Gasteiger partial charge on any atom is 0.188 e. The molecular weight excluding hydrogens is 228 g/mol. The number of benzene rings is 1. The van der Waals surface area contributed by atoms with Crippen molar-refractivity contribution >= 4 is 5.78 Å². The van der Waals surface area contributed by atoms with Gasteiger partial charge in [-0.05, 0) is 37.1 Å². The van der Waals surface area contributed by atoms with Crippen LogP contribution in [0.25, 0.3) is 0 Å². The monoisotopic (exact) mass is 248 g/mol. The fourth-order valence-corrected chi connectivity index (χ4v) is 2.44. The van der Waals surface area contributed by atoms with Crippen LogP contribution in [-0.2, 0) is 4.74 Å². The number of carbonyl (C=O) groups excluding carboxylic acids is 1. The van der Waals surface area contributed by atoms with E-state index in [1.807, 2.05) is 24.3 Å². The van der Waals surface area contributed by atoms with Gasteiger partial charge in [0.2, 0.25) is 0 Å². The van der Waals surface area contributed by atoms with E-state index in [4.69, 9.17) is 9.47 Å². The third-order valence-electron chi connectivity index (χ3n) is 3.46. The number of methoxy groups -OCH3 is 1. The molecule has 1 aromatic rings. The van der Waals surface area contributed by atoms with Gasteiger partial charge in [0.25, 0.3) is 0 Å². The molecule has 3 nitrogen and oxygen atoms in total. The van der Waals surface area contributed by atoms with Crippen molar-refractivity contribution in [3.63, 3.8) is 0 Å². The first-order chi connectivity index (χ1) is 8.81. The summed E-state index contributed by atoms with van der Waals surface area (Å²) in [6, 6.07) is 7.36. The van der Waals surface area contributed by atoms with Crippen molar-refractivity contribution in [2.45, 2.75) is 32.1 Å². The van der Waals surface area contributed by atoms with Crippen LogP contribution in [0.3, 0.4) is 0 Å². The number of carbonyl (C=O) groups is 1. The molecule has 1 aliphatic rings. The molecule has 0 aliphatic heterocycles. The predicted molar refractivity (Wildman–Crippen MR) is 69.9 cm³/mol. The minimum atomic E-state index is 0.226. The molecule has 0 heterocycles. The van der Waals surface area contributed by atoms with Crippen LogP contribution < -0.4 is 4.74 Å². The predicted octanol–water partition coefficient (Wildman–Crippen LogP) is 3.43. The molecule has 0 aromatic heterocycles. The van der Waals surface area contributed by atoms with Crippen LogP contribution in [0.5, 0.6) is 5.75 Å². The lowest BCUT2D eigenvalue weighted by molar-refractivity contribution is 0.0511. The average Bonchev–Trinajstić information content (AvgIpc) is 2.46. The molecule has 1 aliphatic carbocycles. The second-order valence-electron chi connectivity index (χ2n) is 4.77. The van der Waals surface area contributed by atoms with Gasteiger partial charge in [-0.3, -0.25) is 4.79 Å². The van der Waals surface area contributed by atoms with Crippen LogP contribution in [0.2, 0.25) is 0 Å². The highest BCUT2D eigenvalue weighted by Gasteiger charge is 2.22. The fourth-order valence-electron chi connectivity index (χ4n) is 2.44. The Bertz CT molecular complexity index is 377. The van der Waals surface area contributed by atoms with Crippen LogP contribution in [0, 0.1) is 5.92 Å². The van der Waals surface area contributed by atoms with Crippen molar-refractivity contribution < 1.29 is 14.3 Å². The van der Waals surface area contributed by atoms with Crippen LogP contribution in [0.1, 0.15) is 42.5 Å². The topological polar surface area (TPSA) is 35.5 Å². The number of hydrogen-bond acceptors (Lipinski definition) is 3. The standard InChI is InChI=1S/C15H20O3/c1-17-11-18-14-9-7-13(8-10-14)15(16)12-5-3-2-4-6-12/h7-10,12H,2-6,11H2,1H3. The molecule has 0 radical (unpaired) electrons. The van der Waals surface area contributed by atoms with Crippen LogP contribution in [0.15, 0.2) is 24.3 Å². The zero-order valence-electron chi connectivity index (χ0n) is 10.9. The average molecular weight is 248 g/mol. The highest BCUT2D eigenvalue weighted by molar-refractivity contribution is 5.97. The molecule has 3 heteroatoms. The van der Waals surface area contributed by atoms with Crippen LogP contribution in [0.4, 0.5) is 0 Å². The number of ketones is 1. The summed E-state index contributed by atoms with van der Waals surface area (Å²) in [4.78, 5) is 12.3. The molecule has 0 bridgehead atoms. The Balaban J connectivity index is 1.97. The number of rotatable bonds is 5. The second kappa shape index (κ2) is 6.55. The van der Waals surface area contributed by atoms with Crippen LogP contribution >= 0.6 is 0 Å². The van der Waals surface area contributed by atoms with Gasteiger partial charge in [-0.15, -0.1) is 0 Å². The molecule has 0 unspecified atom stereocenters. The quantitative estimate of drug-likeness (QED) is 0.591. The van der Waals surface area contributed by atoms with Gasteiger partial charge < -0.3 is 9.47 Å². The lowest BCUT2D eigenvalue weighted by Crippen LogP contribution is -2.17. The molecular formula is C15H20O3. The van der Waals surface area contributed by atoms with E-state index in [-0.39, 0.29) is 18.5 Å². The summed E-state index contributed by atoms with van der Waals surface area (Å²) < 4.78 is 10.1. The molecule has 0 saturated heterocycles. The minimum absolute atomic E-state index is 0.226. The Kier molecular flexibility index (Phi) is 4.76. The first-order valence-electron chi connectivity index (χ1n) is 6.57. The van der Waals surface area contributed by atoms with E-state index >= 15 is 0 Å². The summed E-state index contributed by atoms with van der Waals surface area (Å²) in [5, 5.41) is 0. The van der Waals surface area contributed by atoms with Gasteiger partial charge in [0.1, 0.15) is 5.75 Å². The van der Waals surface area contributed by atoms with Crippen molar-refractivity contribution in [3.8, 4) is 5.75 Å². The second-order valence-corrected chi connectivity index (χ2v) is 4.77. The molecule has 0 spiro atoms. The van der Waals surface area contributed by atoms with Gasteiger partial charge in [0, 0.05) is 18.6 Å². The fraction of sp³-hybridized carbons (Fsp3) is 0.533. The smallest absolute Gasteiger partial charge is 0.188 e. The van der Waals surface area contributed by atoms with Gasteiger partial charge in [0.05, 0.1) is 0 Å². The summed E-state index contributed by atoms with van der Waals surface area (Å²) in [5.74, 6) is 1.24. The number of ether oxygens (including phenoxy) is 2. The van der Waals surface area contributed by atoms with E-state index in [1.165, 1.54) is 19.3 Å². The molecule has 0 atom stereocenters. The van der Waals surface area contributed by atoms with E-state index in [2.05, 4.69) is 0 Å².